The number of carbonyl (C=O) groups is 2. The second kappa shape index (κ2) is 10.0. The van der Waals surface area contributed by atoms with Gasteiger partial charge in [-0.25, -0.2) is 8.42 Å². The molecule has 0 atom stereocenters. The van der Waals surface area contributed by atoms with Crippen LogP contribution in [0.1, 0.15) is 18.4 Å². The minimum atomic E-state index is -3.80. The number of nitrogens with one attached hydrogen (secondary N) is 1. The Balaban J connectivity index is 1.42. The second-order valence-electron chi connectivity index (χ2n) is 7.72. The van der Waals surface area contributed by atoms with Gasteiger partial charge in [0.05, 0.1) is 18.2 Å². The zero-order valence-corrected chi connectivity index (χ0v) is 19.4. The lowest BCUT2D eigenvalue weighted by Gasteiger charge is -2.26. The van der Waals surface area contributed by atoms with Gasteiger partial charge in [0.1, 0.15) is 4.90 Å². The number of sulfonamides is 1. The van der Waals surface area contributed by atoms with Crippen LogP contribution in [0.2, 0.25) is 5.02 Å². The summed E-state index contributed by atoms with van der Waals surface area (Å²) in [4.78, 5) is 25.9. The fraction of sp³-hybridized carbons (Fsp3) is 0.304. The van der Waals surface area contributed by atoms with Gasteiger partial charge in [-0.2, -0.15) is 4.31 Å². The van der Waals surface area contributed by atoms with Crippen LogP contribution in [0.5, 0.6) is 0 Å². The number of hydrogen-bond acceptors (Lipinski definition) is 5. The molecule has 0 bridgehead atoms. The van der Waals surface area contributed by atoms with Crippen molar-refractivity contribution in [2.45, 2.75) is 17.7 Å². The van der Waals surface area contributed by atoms with E-state index in [2.05, 4.69) is 5.32 Å². The van der Waals surface area contributed by atoms with Crippen LogP contribution < -0.4 is 10.2 Å². The lowest BCUT2D eigenvalue weighted by Crippen LogP contribution is -2.40. The maximum atomic E-state index is 12.9. The zero-order chi connectivity index (χ0) is 23.4. The number of nitrogens with zero attached hydrogens (tertiary/aromatic N) is 2. The summed E-state index contributed by atoms with van der Waals surface area (Å²) in [6.45, 7) is 1.88. The van der Waals surface area contributed by atoms with E-state index in [1.54, 1.807) is 17.0 Å². The molecule has 8 nitrogen and oxygen atoms in total. The molecule has 1 N–H and O–H groups in total. The molecule has 10 heteroatoms. The highest BCUT2D eigenvalue weighted by Crippen LogP contribution is 2.28. The Labute approximate surface area is 197 Å². The minimum Gasteiger partial charge on any atom is -0.379 e. The lowest BCUT2D eigenvalue weighted by atomic mass is 10.2. The van der Waals surface area contributed by atoms with E-state index in [4.69, 9.17) is 16.3 Å². The fourth-order valence-corrected chi connectivity index (χ4v) is 5.66. The third kappa shape index (κ3) is 5.44. The van der Waals surface area contributed by atoms with Crippen LogP contribution in [0.25, 0.3) is 6.08 Å². The van der Waals surface area contributed by atoms with Gasteiger partial charge in [0.15, 0.2) is 0 Å². The molecule has 2 amide bonds. The van der Waals surface area contributed by atoms with Crippen molar-refractivity contribution in [2.75, 3.05) is 43.1 Å². The summed E-state index contributed by atoms with van der Waals surface area (Å²) in [5.74, 6) is -0.290. The van der Waals surface area contributed by atoms with Gasteiger partial charge in [-0.15, -0.1) is 0 Å². The first-order chi connectivity index (χ1) is 15.8. The number of morpholine rings is 1. The Hall–Kier alpha value is -2.72. The largest absolute Gasteiger partial charge is 0.379 e. The highest BCUT2D eigenvalue weighted by Gasteiger charge is 2.28. The van der Waals surface area contributed by atoms with Gasteiger partial charge in [-0.3, -0.25) is 9.59 Å². The van der Waals surface area contributed by atoms with E-state index < -0.39 is 15.9 Å². The molecular weight excluding hydrogens is 466 g/mol. The molecule has 0 saturated carbocycles. The molecule has 0 radical (unpaired) electrons. The van der Waals surface area contributed by atoms with Crippen LogP contribution in [0, 0.1) is 0 Å². The van der Waals surface area contributed by atoms with Crippen molar-refractivity contribution >= 4 is 50.9 Å². The monoisotopic (exact) mass is 489 g/mol. The van der Waals surface area contributed by atoms with Crippen molar-refractivity contribution in [3.05, 3.63) is 59.1 Å². The average Bonchev–Trinajstić information content (AvgIpc) is 3.25. The number of amides is 2. The second-order valence-corrected chi connectivity index (χ2v) is 10.0. The minimum absolute atomic E-state index is 0.0557. The number of anilines is 2. The lowest BCUT2D eigenvalue weighted by molar-refractivity contribution is -0.117. The van der Waals surface area contributed by atoms with E-state index >= 15 is 0 Å². The van der Waals surface area contributed by atoms with Crippen LogP contribution in [0.4, 0.5) is 11.4 Å². The third-order valence-corrected chi connectivity index (χ3v) is 7.87. The number of rotatable bonds is 6. The molecule has 33 heavy (non-hydrogen) atoms. The highest BCUT2D eigenvalue weighted by molar-refractivity contribution is 7.89. The number of hydrogen-bond donors (Lipinski definition) is 1. The summed E-state index contributed by atoms with van der Waals surface area (Å²) in [5.41, 5.74) is 1.96. The molecule has 2 aliphatic rings. The van der Waals surface area contributed by atoms with Crippen molar-refractivity contribution in [3.63, 3.8) is 0 Å². The SMILES string of the molecule is O=C(/C=C/c1ccc(N2CCCC2=O)cc1)Nc1ccc(Cl)c(S(=O)(=O)N2CCOCC2)c1. The first-order valence-electron chi connectivity index (χ1n) is 10.6. The number of benzene rings is 2. The van der Waals surface area contributed by atoms with E-state index in [1.165, 1.54) is 22.5 Å². The van der Waals surface area contributed by atoms with Crippen molar-refractivity contribution in [3.8, 4) is 0 Å². The van der Waals surface area contributed by atoms with E-state index in [0.29, 0.717) is 25.3 Å². The molecule has 0 spiro atoms. The van der Waals surface area contributed by atoms with Crippen molar-refractivity contribution < 1.29 is 22.7 Å². The van der Waals surface area contributed by atoms with Crippen molar-refractivity contribution in [1.82, 2.24) is 4.31 Å². The summed E-state index contributed by atoms with van der Waals surface area (Å²) in [5, 5.41) is 2.76. The first-order valence-corrected chi connectivity index (χ1v) is 12.4. The molecule has 4 rings (SSSR count). The summed E-state index contributed by atoms with van der Waals surface area (Å²) in [6, 6.07) is 11.7. The summed E-state index contributed by atoms with van der Waals surface area (Å²) in [7, 11) is -3.80. The standard InChI is InChI=1S/C23H24ClN3O5S/c24-20-9-6-18(16-21(20)33(30,31)26-12-14-32-15-13-26)25-22(28)10-5-17-3-7-19(8-4-17)27-11-1-2-23(27)29/h3-10,16H,1-2,11-15H2,(H,25,28)/b10-5+. The smallest absolute Gasteiger partial charge is 0.248 e. The number of ether oxygens (including phenoxy) is 1. The summed E-state index contributed by atoms with van der Waals surface area (Å²) in [6.07, 6.45) is 4.44. The van der Waals surface area contributed by atoms with E-state index in [-0.39, 0.29) is 28.9 Å². The maximum Gasteiger partial charge on any atom is 0.248 e. The van der Waals surface area contributed by atoms with Gasteiger partial charge in [0, 0.05) is 43.5 Å². The molecule has 2 aliphatic heterocycles. The van der Waals surface area contributed by atoms with Crippen LogP contribution >= 0.6 is 11.6 Å². The van der Waals surface area contributed by atoms with Crippen molar-refractivity contribution in [2.24, 2.45) is 0 Å². The molecule has 2 fully saturated rings. The average molecular weight is 490 g/mol. The zero-order valence-electron chi connectivity index (χ0n) is 17.9. The van der Waals surface area contributed by atoms with Gasteiger partial charge in [-0.1, -0.05) is 23.7 Å². The molecule has 2 heterocycles. The molecular formula is C23H24ClN3O5S. The molecule has 174 valence electrons. The van der Waals surface area contributed by atoms with E-state index in [1.807, 2.05) is 24.3 Å². The fourth-order valence-electron chi connectivity index (χ4n) is 3.75. The van der Waals surface area contributed by atoms with Gasteiger partial charge in [0.25, 0.3) is 0 Å². The normalized spacial score (nSPS) is 17.6. The Morgan fingerprint density at radius 3 is 2.45 bits per heavy atom. The van der Waals surface area contributed by atoms with Gasteiger partial charge in [-0.05, 0) is 48.4 Å². The molecule has 0 unspecified atom stereocenters. The van der Waals surface area contributed by atoms with Crippen LogP contribution in [-0.4, -0.2) is 57.4 Å². The quantitative estimate of drug-likeness (QED) is 0.629. The Morgan fingerprint density at radius 2 is 1.79 bits per heavy atom. The van der Waals surface area contributed by atoms with Gasteiger partial charge >= 0.3 is 0 Å². The molecule has 0 aromatic heterocycles. The van der Waals surface area contributed by atoms with Crippen LogP contribution in [0.3, 0.4) is 0 Å². The molecule has 2 aromatic rings. The van der Waals surface area contributed by atoms with Gasteiger partial charge < -0.3 is 15.0 Å². The Bertz CT molecular complexity index is 1180. The van der Waals surface area contributed by atoms with E-state index in [9.17, 15) is 18.0 Å². The number of carbonyl (C=O) groups excluding carboxylic acids is 2. The van der Waals surface area contributed by atoms with E-state index in [0.717, 1.165) is 24.2 Å². The third-order valence-electron chi connectivity index (χ3n) is 5.49. The number of halogens is 1. The van der Waals surface area contributed by atoms with Crippen LogP contribution in [-0.2, 0) is 24.3 Å². The predicted molar refractivity (Wildman–Crippen MR) is 127 cm³/mol. The molecule has 2 aromatic carbocycles. The predicted octanol–water partition coefficient (Wildman–Crippen LogP) is 3.14. The molecule has 2 saturated heterocycles. The van der Waals surface area contributed by atoms with Gasteiger partial charge in [0.2, 0.25) is 21.8 Å². The summed E-state index contributed by atoms with van der Waals surface area (Å²) < 4.78 is 32.4. The summed E-state index contributed by atoms with van der Waals surface area (Å²) >= 11 is 6.16. The van der Waals surface area contributed by atoms with Crippen molar-refractivity contribution in [1.29, 1.82) is 0 Å². The Kier molecular flexibility index (Phi) is 7.14. The topological polar surface area (TPSA) is 96.0 Å². The maximum absolute atomic E-state index is 12.9. The highest BCUT2D eigenvalue weighted by atomic mass is 35.5. The van der Waals surface area contributed by atoms with Crippen LogP contribution in [0.15, 0.2) is 53.4 Å². The Morgan fingerprint density at radius 1 is 1.06 bits per heavy atom. The first kappa shape index (κ1) is 23.4. The molecule has 0 aliphatic carbocycles.